The molecule has 0 amide bonds. The third kappa shape index (κ3) is 4.13. The Bertz CT molecular complexity index is 551. The molecule has 0 saturated heterocycles. The van der Waals surface area contributed by atoms with Crippen LogP contribution in [0.15, 0.2) is 27.6 Å². The molecule has 3 nitrogen and oxygen atoms in total. The molecule has 0 radical (unpaired) electrons. The van der Waals surface area contributed by atoms with E-state index in [0.29, 0.717) is 10.4 Å². The molecule has 20 heavy (non-hydrogen) atoms. The molecule has 0 spiro atoms. The van der Waals surface area contributed by atoms with Gasteiger partial charge in [-0.25, -0.2) is 8.42 Å². The van der Waals surface area contributed by atoms with Gasteiger partial charge in [-0.05, 0) is 46.3 Å². The number of rotatable bonds is 7. The molecular weight excluding hydrogens is 382 g/mol. The predicted octanol–water partition coefficient (Wildman–Crippen LogP) is 3.95. The molecule has 0 aromatic heterocycles. The molecule has 1 rings (SSSR count). The fourth-order valence-electron chi connectivity index (χ4n) is 1.85. The molecule has 0 aliphatic heterocycles. The van der Waals surface area contributed by atoms with Crippen molar-refractivity contribution in [1.82, 2.24) is 4.31 Å². The van der Waals surface area contributed by atoms with Gasteiger partial charge in [-0.15, -0.1) is 11.6 Å². The third-order valence-corrected chi connectivity index (χ3v) is 7.08. The topological polar surface area (TPSA) is 37.4 Å². The van der Waals surface area contributed by atoms with E-state index in [2.05, 4.69) is 15.9 Å². The molecule has 1 aromatic carbocycles. The highest BCUT2D eigenvalue weighted by Crippen LogP contribution is 2.28. The van der Waals surface area contributed by atoms with E-state index in [1.807, 2.05) is 19.2 Å². The summed E-state index contributed by atoms with van der Waals surface area (Å²) >= 11 is 10.8. The minimum absolute atomic E-state index is 0.0124. The summed E-state index contributed by atoms with van der Waals surface area (Å²) in [5, 5.41) is 0. The number of nitrogens with zero attached hydrogens (tertiary/aromatic N) is 1. The lowest BCUT2D eigenvalue weighted by atomic mass is 10.2. The summed E-state index contributed by atoms with van der Waals surface area (Å²) in [5.41, 5.74) is 0.791. The Hall–Kier alpha value is 0.250. The maximum atomic E-state index is 12.7. The van der Waals surface area contributed by atoms with Crippen LogP contribution in [0.5, 0.6) is 0 Å². The van der Waals surface area contributed by atoms with E-state index in [9.17, 15) is 8.42 Å². The number of hydrogen-bond donors (Lipinski definition) is 0. The molecule has 0 aliphatic carbocycles. The van der Waals surface area contributed by atoms with E-state index < -0.39 is 10.0 Å². The number of halogens is 2. The molecule has 0 saturated carbocycles. The van der Waals surface area contributed by atoms with Crippen molar-refractivity contribution in [3.63, 3.8) is 0 Å². The van der Waals surface area contributed by atoms with Crippen LogP contribution in [0.25, 0.3) is 0 Å². The average Bonchev–Trinajstić information content (AvgIpc) is 2.44. The Balaban J connectivity index is 3.21. The highest BCUT2D eigenvalue weighted by atomic mass is 79.9. The number of hydrogen-bond acceptors (Lipinski definition) is 3. The van der Waals surface area contributed by atoms with Crippen LogP contribution in [0.4, 0.5) is 0 Å². The van der Waals surface area contributed by atoms with Crippen molar-refractivity contribution in [2.75, 3.05) is 19.1 Å². The zero-order chi connectivity index (χ0) is 15.3. The monoisotopic (exact) mass is 399 g/mol. The maximum Gasteiger partial charge on any atom is 0.244 e. The molecule has 1 atom stereocenters. The second-order valence-corrected chi connectivity index (χ2v) is 8.44. The normalized spacial score (nSPS) is 13.7. The Labute approximate surface area is 139 Å². The van der Waals surface area contributed by atoms with Crippen LogP contribution in [0, 0.1) is 0 Å². The van der Waals surface area contributed by atoms with Gasteiger partial charge >= 0.3 is 0 Å². The van der Waals surface area contributed by atoms with Gasteiger partial charge in [-0.1, -0.05) is 13.0 Å². The highest BCUT2D eigenvalue weighted by Gasteiger charge is 2.28. The first-order valence-corrected chi connectivity index (χ1v) is 10.4. The lowest BCUT2D eigenvalue weighted by Crippen LogP contribution is -2.38. The quantitative estimate of drug-likeness (QED) is 0.650. The van der Waals surface area contributed by atoms with E-state index in [4.69, 9.17) is 11.6 Å². The van der Waals surface area contributed by atoms with Crippen molar-refractivity contribution < 1.29 is 8.42 Å². The van der Waals surface area contributed by atoms with Crippen molar-refractivity contribution in [3.8, 4) is 0 Å². The first kappa shape index (κ1) is 18.3. The van der Waals surface area contributed by atoms with Crippen molar-refractivity contribution >= 4 is 49.3 Å². The van der Waals surface area contributed by atoms with Gasteiger partial charge in [0, 0.05) is 29.2 Å². The van der Waals surface area contributed by atoms with Crippen LogP contribution >= 0.6 is 39.3 Å². The summed E-state index contributed by atoms with van der Waals surface area (Å²) in [6.45, 7) is 2.00. The van der Waals surface area contributed by atoms with E-state index in [1.54, 1.807) is 30.9 Å². The van der Waals surface area contributed by atoms with Crippen LogP contribution in [-0.2, 0) is 15.9 Å². The van der Waals surface area contributed by atoms with Crippen molar-refractivity contribution in [3.05, 3.63) is 28.2 Å². The van der Waals surface area contributed by atoms with E-state index in [1.165, 1.54) is 4.31 Å². The zero-order valence-electron chi connectivity index (χ0n) is 11.8. The Kier molecular flexibility index (Phi) is 7.35. The van der Waals surface area contributed by atoms with Crippen LogP contribution in [0.3, 0.4) is 0 Å². The molecule has 0 aliphatic rings. The Morgan fingerprint density at radius 1 is 1.45 bits per heavy atom. The van der Waals surface area contributed by atoms with Crippen molar-refractivity contribution in [1.29, 1.82) is 0 Å². The minimum atomic E-state index is -3.52. The summed E-state index contributed by atoms with van der Waals surface area (Å²) < 4.78 is 27.5. The van der Waals surface area contributed by atoms with Crippen LogP contribution in [0.1, 0.15) is 18.9 Å². The van der Waals surface area contributed by atoms with Gasteiger partial charge in [0.2, 0.25) is 10.0 Å². The summed E-state index contributed by atoms with van der Waals surface area (Å²) in [4.78, 5) is 0.276. The van der Waals surface area contributed by atoms with Gasteiger partial charge in [0.25, 0.3) is 0 Å². The maximum absolute atomic E-state index is 12.7. The second-order valence-electron chi connectivity index (χ2n) is 4.44. The van der Waals surface area contributed by atoms with Gasteiger partial charge in [0.05, 0.1) is 4.90 Å². The van der Waals surface area contributed by atoms with Gasteiger partial charge in [0.1, 0.15) is 0 Å². The smallest absolute Gasteiger partial charge is 0.207 e. The average molecular weight is 401 g/mol. The summed E-state index contributed by atoms with van der Waals surface area (Å²) in [6, 6.07) is 5.17. The van der Waals surface area contributed by atoms with Gasteiger partial charge in [-0.2, -0.15) is 16.1 Å². The molecule has 0 heterocycles. The number of thioether (sulfide) groups is 1. The molecular formula is C13H19BrClNO2S2. The number of alkyl halides is 1. The largest absolute Gasteiger partial charge is 0.244 e. The van der Waals surface area contributed by atoms with Crippen LogP contribution < -0.4 is 0 Å². The van der Waals surface area contributed by atoms with E-state index >= 15 is 0 Å². The third-order valence-electron chi connectivity index (χ3n) is 3.15. The fraction of sp³-hybridized carbons (Fsp3) is 0.538. The summed E-state index contributed by atoms with van der Waals surface area (Å²) in [6.07, 6.45) is 2.76. The summed E-state index contributed by atoms with van der Waals surface area (Å²) in [7, 11) is -1.88. The molecule has 1 unspecified atom stereocenters. The molecule has 0 bridgehead atoms. The van der Waals surface area contributed by atoms with Crippen LogP contribution in [0.2, 0.25) is 0 Å². The predicted molar refractivity (Wildman–Crippen MR) is 91.1 cm³/mol. The number of sulfonamides is 1. The number of benzene rings is 1. The zero-order valence-corrected chi connectivity index (χ0v) is 15.7. The highest BCUT2D eigenvalue weighted by molar-refractivity contribution is 9.10. The van der Waals surface area contributed by atoms with E-state index in [-0.39, 0.29) is 10.9 Å². The van der Waals surface area contributed by atoms with Gasteiger partial charge in [-0.3, -0.25) is 0 Å². The van der Waals surface area contributed by atoms with Gasteiger partial charge in [0.15, 0.2) is 0 Å². The Morgan fingerprint density at radius 3 is 2.60 bits per heavy atom. The molecule has 0 fully saturated rings. The standard InChI is InChI=1S/C13H19BrClNO2S2/c1-4-11(9-19-3)16(2)20(17,18)13-7-10(8-15)5-6-12(13)14/h5-7,11H,4,8-9H2,1-3H3. The molecule has 0 N–H and O–H groups in total. The fourth-order valence-corrected chi connectivity index (χ4v) is 5.36. The Morgan fingerprint density at radius 2 is 2.10 bits per heavy atom. The lowest BCUT2D eigenvalue weighted by Gasteiger charge is -2.26. The molecule has 7 heteroatoms. The minimum Gasteiger partial charge on any atom is -0.207 e. The molecule has 1 aromatic rings. The molecule has 114 valence electrons. The van der Waals surface area contributed by atoms with Crippen molar-refractivity contribution in [2.45, 2.75) is 30.2 Å². The van der Waals surface area contributed by atoms with Gasteiger partial charge < -0.3 is 0 Å². The SMILES string of the molecule is CCC(CSC)N(C)S(=O)(=O)c1cc(CCl)ccc1Br. The van der Waals surface area contributed by atoms with Crippen LogP contribution in [-0.4, -0.2) is 37.8 Å². The first-order chi connectivity index (χ1) is 9.38. The van der Waals surface area contributed by atoms with E-state index in [0.717, 1.165) is 17.7 Å². The lowest BCUT2D eigenvalue weighted by molar-refractivity contribution is 0.385. The first-order valence-electron chi connectivity index (χ1n) is 6.19. The van der Waals surface area contributed by atoms with Crippen molar-refractivity contribution in [2.24, 2.45) is 0 Å². The summed E-state index contributed by atoms with van der Waals surface area (Å²) in [5.74, 6) is 1.07. The second kappa shape index (κ2) is 8.03.